The standard InChI is InChI=1S/C23H26F3N3O2/c1-15(11-16-5-3-4-6-21(16)31-2)28-13-20-12-19(28)14-29(20)22(30)27-18-9-7-17(8-10-18)23(24,25)26/h3-10,15,19-20H,11-14H2,1-2H3,(H,27,30). The Bertz CT molecular complexity index is 932. The predicted molar refractivity (Wildman–Crippen MR) is 112 cm³/mol. The number of nitrogens with zero attached hydrogens (tertiary/aromatic N) is 2. The number of ether oxygens (including phenoxy) is 1. The first-order chi connectivity index (χ1) is 14.8. The van der Waals surface area contributed by atoms with Crippen LogP contribution in [0.15, 0.2) is 48.5 Å². The number of carbonyl (C=O) groups excluding carboxylic acids is 1. The number of likely N-dealkylation sites (tertiary alicyclic amines) is 2. The summed E-state index contributed by atoms with van der Waals surface area (Å²) in [6.45, 7) is 3.61. The molecular weight excluding hydrogens is 407 g/mol. The van der Waals surface area contributed by atoms with Crippen molar-refractivity contribution in [1.29, 1.82) is 0 Å². The first-order valence-corrected chi connectivity index (χ1v) is 10.4. The minimum absolute atomic E-state index is 0.111. The van der Waals surface area contributed by atoms with Gasteiger partial charge >= 0.3 is 12.2 Å². The normalized spacial score (nSPS) is 21.9. The van der Waals surface area contributed by atoms with Gasteiger partial charge in [0, 0.05) is 36.9 Å². The van der Waals surface area contributed by atoms with Gasteiger partial charge < -0.3 is 15.0 Å². The monoisotopic (exact) mass is 433 g/mol. The molecule has 2 aliphatic heterocycles. The van der Waals surface area contributed by atoms with E-state index in [0.717, 1.165) is 42.8 Å². The van der Waals surface area contributed by atoms with Crippen molar-refractivity contribution in [2.75, 3.05) is 25.5 Å². The van der Waals surface area contributed by atoms with Gasteiger partial charge in [0.05, 0.1) is 12.7 Å². The number of carbonyl (C=O) groups is 1. The highest BCUT2D eigenvalue weighted by atomic mass is 19.4. The van der Waals surface area contributed by atoms with Crippen molar-refractivity contribution >= 4 is 11.7 Å². The average molecular weight is 433 g/mol. The predicted octanol–water partition coefficient (Wildman–Crippen LogP) is 4.64. The second-order valence-electron chi connectivity index (χ2n) is 8.26. The van der Waals surface area contributed by atoms with E-state index in [2.05, 4.69) is 23.2 Å². The van der Waals surface area contributed by atoms with E-state index in [0.29, 0.717) is 18.3 Å². The third-order valence-electron chi connectivity index (χ3n) is 6.28. The molecule has 2 fully saturated rings. The molecule has 0 spiro atoms. The SMILES string of the molecule is COc1ccccc1CC(C)N1CC2CC1CN2C(=O)Nc1ccc(C(F)(F)F)cc1. The number of benzene rings is 2. The van der Waals surface area contributed by atoms with Crippen molar-refractivity contribution in [1.82, 2.24) is 9.80 Å². The Morgan fingerprint density at radius 2 is 1.84 bits per heavy atom. The highest BCUT2D eigenvalue weighted by Crippen LogP contribution is 2.34. The van der Waals surface area contributed by atoms with Crippen molar-refractivity contribution in [3.05, 3.63) is 59.7 Å². The van der Waals surface area contributed by atoms with Gasteiger partial charge in [-0.25, -0.2) is 4.79 Å². The van der Waals surface area contributed by atoms with Gasteiger partial charge in [-0.2, -0.15) is 13.2 Å². The largest absolute Gasteiger partial charge is 0.496 e. The molecule has 2 bridgehead atoms. The lowest BCUT2D eigenvalue weighted by molar-refractivity contribution is -0.137. The Hall–Kier alpha value is -2.74. The number of fused-ring (bicyclic) bond motifs is 2. The van der Waals surface area contributed by atoms with Crippen LogP contribution in [0.4, 0.5) is 23.7 Å². The number of halogens is 3. The molecule has 2 heterocycles. The number of anilines is 1. The maximum absolute atomic E-state index is 12.7. The van der Waals surface area contributed by atoms with Gasteiger partial charge in [-0.1, -0.05) is 18.2 Å². The molecule has 3 unspecified atom stereocenters. The van der Waals surface area contributed by atoms with Gasteiger partial charge in [0.15, 0.2) is 0 Å². The number of para-hydroxylation sites is 1. The fourth-order valence-corrected chi connectivity index (χ4v) is 4.73. The second kappa shape index (κ2) is 8.42. The molecule has 0 aromatic heterocycles. The summed E-state index contributed by atoms with van der Waals surface area (Å²) in [4.78, 5) is 16.9. The first kappa shape index (κ1) is 21.5. The summed E-state index contributed by atoms with van der Waals surface area (Å²) in [7, 11) is 1.68. The van der Waals surface area contributed by atoms with E-state index < -0.39 is 11.7 Å². The zero-order valence-electron chi connectivity index (χ0n) is 17.5. The highest BCUT2D eigenvalue weighted by Gasteiger charge is 2.46. The molecule has 0 aliphatic carbocycles. The molecule has 4 rings (SSSR count). The number of piperazine rings is 1. The Labute approximate surface area is 179 Å². The van der Waals surface area contributed by atoms with Crippen molar-refractivity contribution in [3.8, 4) is 5.75 Å². The number of urea groups is 1. The van der Waals surface area contributed by atoms with Crippen molar-refractivity contribution in [2.45, 2.75) is 44.1 Å². The minimum Gasteiger partial charge on any atom is -0.496 e. The van der Waals surface area contributed by atoms with E-state index in [-0.39, 0.29) is 18.1 Å². The van der Waals surface area contributed by atoms with Crippen LogP contribution in [0.5, 0.6) is 5.75 Å². The van der Waals surface area contributed by atoms with Crippen LogP contribution in [-0.4, -0.2) is 54.2 Å². The van der Waals surface area contributed by atoms with Crippen LogP contribution in [0.2, 0.25) is 0 Å². The molecule has 0 radical (unpaired) electrons. The van der Waals surface area contributed by atoms with Crippen LogP contribution >= 0.6 is 0 Å². The van der Waals surface area contributed by atoms with E-state index in [1.54, 1.807) is 12.0 Å². The summed E-state index contributed by atoms with van der Waals surface area (Å²) in [5.41, 5.74) is 0.796. The average Bonchev–Trinajstić information content (AvgIpc) is 3.35. The Morgan fingerprint density at radius 3 is 2.45 bits per heavy atom. The summed E-state index contributed by atoms with van der Waals surface area (Å²) in [6.07, 6.45) is -2.61. The van der Waals surface area contributed by atoms with Crippen LogP contribution in [0.1, 0.15) is 24.5 Å². The topological polar surface area (TPSA) is 44.8 Å². The van der Waals surface area contributed by atoms with Gasteiger partial charge in [0.25, 0.3) is 0 Å². The number of hydrogen-bond acceptors (Lipinski definition) is 3. The summed E-state index contributed by atoms with van der Waals surface area (Å²) < 4.78 is 43.6. The second-order valence-corrected chi connectivity index (χ2v) is 8.26. The quantitative estimate of drug-likeness (QED) is 0.748. The van der Waals surface area contributed by atoms with E-state index in [4.69, 9.17) is 4.74 Å². The summed E-state index contributed by atoms with van der Waals surface area (Å²) >= 11 is 0. The van der Waals surface area contributed by atoms with Gasteiger partial charge in [-0.15, -0.1) is 0 Å². The number of nitrogens with one attached hydrogen (secondary N) is 1. The summed E-state index contributed by atoms with van der Waals surface area (Å²) in [5, 5.41) is 2.73. The van der Waals surface area contributed by atoms with E-state index in [1.807, 2.05) is 18.2 Å². The smallest absolute Gasteiger partial charge is 0.416 e. The third-order valence-corrected chi connectivity index (χ3v) is 6.28. The Kier molecular flexibility index (Phi) is 5.83. The van der Waals surface area contributed by atoms with Gasteiger partial charge in [-0.3, -0.25) is 4.90 Å². The lowest BCUT2D eigenvalue weighted by Gasteiger charge is -2.37. The molecule has 8 heteroatoms. The molecular formula is C23H26F3N3O2. The van der Waals surface area contributed by atoms with Crippen LogP contribution in [-0.2, 0) is 12.6 Å². The highest BCUT2D eigenvalue weighted by molar-refractivity contribution is 5.90. The maximum atomic E-state index is 12.7. The molecule has 2 aliphatic rings. The molecule has 31 heavy (non-hydrogen) atoms. The third kappa shape index (κ3) is 4.49. The molecule has 3 atom stereocenters. The number of amides is 2. The lowest BCUT2D eigenvalue weighted by Crippen LogP contribution is -2.52. The Balaban J connectivity index is 1.34. The summed E-state index contributed by atoms with van der Waals surface area (Å²) in [5.74, 6) is 0.885. The number of hydrogen-bond donors (Lipinski definition) is 1. The summed E-state index contributed by atoms with van der Waals surface area (Å²) in [6, 6.07) is 13.0. The molecule has 166 valence electrons. The minimum atomic E-state index is -4.39. The van der Waals surface area contributed by atoms with Crippen LogP contribution < -0.4 is 10.1 Å². The Morgan fingerprint density at radius 1 is 1.13 bits per heavy atom. The van der Waals surface area contributed by atoms with Gasteiger partial charge in [0.1, 0.15) is 5.75 Å². The zero-order valence-corrected chi connectivity index (χ0v) is 17.5. The number of methoxy groups -OCH3 is 1. The van der Waals surface area contributed by atoms with Crippen LogP contribution in [0.25, 0.3) is 0 Å². The van der Waals surface area contributed by atoms with Crippen LogP contribution in [0, 0.1) is 0 Å². The molecule has 2 amide bonds. The fourth-order valence-electron chi connectivity index (χ4n) is 4.73. The molecule has 2 saturated heterocycles. The fraction of sp³-hybridized carbons (Fsp3) is 0.435. The lowest BCUT2D eigenvalue weighted by atomic mass is 10.0. The van der Waals surface area contributed by atoms with Crippen molar-refractivity contribution in [3.63, 3.8) is 0 Å². The van der Waals surface area contributed by atoms with Crippen LogP contribution in [0.3, 0.4) is 0 Å². The molecule has 1 N–H and O–H groups in total. The molecule has 2 aromatic carbocycles. The van der Waals surface area contributed by atoms with Crippen molar-refractivity contribution < 1.29 is 22.7 Å². The van der Waals surface area contributed by atoms with Crippen molar-refractivity contribution in [2.24, 2.45) is 0 Å². The van der Waals surface area contributed by atoms with E-state index in [9.17, 15) is 18.0 Å². The van der Waals surface area contributed by atoms with E-state index in [1.165, 1.54) is 12.1 Å². The maximum Gasteiger partial charge on any atom is 0.416 e. The molecule has 2 aromatic rings. The zero-order chi connectivity index (χ0) is 22.2. The molecule has 0 saturated carbocycles. The van der Waals surface area contributed by atoms with Gasteiger partial charge in [-0.05, 0) is 55.7 Å². The van der Waals surface area contributed by atoms with Gasteiger partial charge in [0.2, 0.25) is 0 Å². The number of rotatable bonds is 5. The first-order valence-electron chi connectivity index (χ1n) is 10.4. The molecule has 5 nitrogen and oxygen atoms in total. The van der Waals surface area contributed by atoms with E-state index >= 15 is 0 Å². The number of alkyl halides is 3.